The lowest BCUT2D eigenvalue weighted by Crippen LogP contribution is -2.66. The number of nitrogens with one attached hydrogen (secondary N) is 1. The number of hydrogen-bond donors (Lipinski definition) is 1. The fourth-order valence-corrected chi connectivity index (χ4v) is 4.29. The highest BCUT2D eigenvalue weighted by Crippen LogP contribution is 2.39. The molecule has 7 nitrogen and oxygen atoms in total. The topological polar surface area (TPSA) is 86.8 Å². The molecule has 4 amide bonds. The van der Waals surface area contributed by atoms with Crippen LogP contribution in [0.1, 0.15) is 39.4 Å². The predicted octanol–water partition coefficient (Wildman–Crippen LogP) is 1.04. The maximum atomic E-state index is 14.6. The van der Waals surface area contributed by atoms with E-state index in [2.05, 4.69) is 5.32 Å². The predicted molar refractivity (Wildman–Crippen MR) is 129 cm³/mol. The summed E-state index contributed by atoms with van der Waals surface area (Å²) in [5, 5.41) is 2.29. The first-order valence-corrected chi connectivity index (χ1v) is 11.0. The van der Waals surface area contributed by atoms with Crippen LogP contribution in [0.5, 0.6) is 0 Å². The van der Waals surface area contributed by atoms with Crippen molar-refractivity contribution in [3.05, 3.63) is 69.7 Å². The van der Waals surface area contributed by atoms with Gasteiger partial charge in [0.1, 0.15) is 15.7 Å². The summed E-state index contributed by atoms with van der Waals surface area (Å²) in [6.45, 7) is -0.193. The van der Waals surface area contributed by atoms with Crippen molar-refractivity contribution in [2.75, 3.05) is 0 Å². The van der Waals surface area contributed by atoms with Gasteiger partial charge in [0.25, 0.3) is 11.8 Å². The molecule has 1 fully saturated rings. The lowest BCUT2D eigenvalue weighted by atomic mass is 9.55. The van der Waals surface area contributed by atoms with E-state index in [1.807, 2.05) is 0 Å². The minimum absolute atomic E-state index is 0.161. The van der Waals surface area contributed by atoms with Crippen LogP contribution in [0.25, 0.3) is 0 Å². The van der Waals surface area contributed by atoms with Crippen LogP contribution in [-0.2, 0) is 26.9 Å². The Morgan fingerprint density at radius 3 is 2.44 bits per heavy atom. The Balaban J connectivity index is 1.54. The Kier molecular flexibility index (Phi) is 6.58. The minimum atomic E-state index is -3.89. The average Bonchev–Trinajstić information content (AvgIpc) is 3.17. The van der Waals surface area contributed by atoms with Gasteiger partial charge in [0.2, 0.25) is 19.8 Å². The summed E-state index contributed by atoms with van der Waals surface area (Å²) in [7, 11) is 23.7. The molecular weight excluding hydrogens is 487 g/mol. The van der Waals surface area contributed by atoms with E-state index >= 15 is 0 Å². The fraction of sp³-hybridized carbons (Fsp3) is 0.273. The molecule has 2 heterocycles. The number of carbonyl (C=O) groups excluding carboxylic acids is 4. The molecule has 0 aromatic heterocycles. The second kappa shape index (κ2) is 9.10. The van der Waals surface area contributed by atoms with E-state index < -0.39 is 52.3 Å². The molecule has 2 aliphatic heterocycles. The molecular formula is C22H14B4ClF2N3O4. The summed E-state index contributed by atoms with van der Waals surface area (Å²) in [5.74, 6) is -10.5. The third kappa shape index (κ3) is 4.13. The lowest BCUT2D eigenvalue weighted by Gasteiger charge is -2.48. The number of alkyl halides is 2. The highest BCUT2D eigenvalue weighted by molar-refractivity contribution is 6.42. The Bertz CT molecular complexity index is 1280. The molecule has 14 heteroatoms. The molecule has 2 aromatic rings. The van der Waals surface area contributed by atoms with E-state index in [1.165, 1.54) is 30.3 Å². The largest absolute Gasteiger partial charge is 0.352 e. The molecule has 2 aromatic carbocycles. The summed E-state index contributed by atoms with van der Waals surface area (Å²) >= 11 is 5.71. The van der Waals surface area contributed by atoms with Crippen molar-refractivity contribution in [3.8, 4) is 0 Å². The molecule has 0 aliphatic carbocycles. The van der Waals surface area contributed by atoms with Crippen molar-refractivity contribution < 1.29 is 28.0 Å². The number of benzene rings is 2. The van der Waals surface area contributed by atoms with Gasteiger partial charge < -0.3 is 15.0 Å². The van der Waals surface area contributed by atoms with Gasteiger partial charge in [-0.25, -0.2) is 0 Å². The van der Waals surface area contributed by atoms with Gasteiger partial charge in [-0.3, -0.25) is 19.2 Å². The van der Waals surface area contributed by atoms with E-state index in [4.69, 9.17) is 43.1 Å². The maximum absolute atomic E-state index is 14.6. The third-order valence-electron chi connectivity index (χ3n) is 6.31. The first kappa shape index (κ1) is 26.0. The van der Waals surface area contributed by atoms with E-state index in [0.717, 1.165) is 17.0 Å². The minimum Gasteiger partial charge on any atom is -0.352 e. The highest BCUT2D eigenvalue weighted by atomic mass is 35.5. The number of rotatable bonds is 5. The fourth-order valence-electron chi connectivity index (χ4n) is 4.16. The normalized spacial score (nSPS) is 23.0. The van der Waals surface area contributed by atoms with Gasteiger partial charge in [-0.15, -0.1) is 0 Å². The van der Waals surface area contributed by atoms with Crippen LogP contribution in [0.3, 0.4) is 0 Å². The van der Waals surface area contributed by atoms with Gasteiger partial charge in [0, 0.05) is 35.1 Å². The van der Waals surface area contributed by atoms with Gasteiger partial charge in [0.05, 0.1) is 13.3 Å². The zero-order valence-electron chi connectivity index (χ0n) is 18.6. The second-order valence-corrected chi connectivity index (χ2v) is 8.98. The number of carbonyl (C=O) groups is 4. The zero-order chi connectivity index (χ0) is 26.6. The van der Waals surface area contributed by atoms with Crippen molar-refractivity contribution in [3.63, 3.8) is 0 Å². The second-order valence-electron chi connectivity index (χ2n) is 8.55. The number of nitrogens with zero attached hydrogens (tertiary/aromatic N) is 2. The Hall–Kier alpha value is -3.07. The van der Waals surface area contributed by atoms with Crippen molar-refractivity contribution in [1.29, 1.82) is 0 Å². The molecule has 3 atom stereocenters. The molecule has 36 heavy (non-hydrogen) atoms. The van der Waals surface area contributed by atoms with E-state index in [0.29, 0.717) is 10.4 Å². The number of piperidine rings is 1. The van der Waals surface area contributed by atoms with E-state index in [-0.39, 0.29) is 29.1 Å². The van der Waals surface area contributed by atoms with Gasteiger partial charge in [-0.05, 0) is 35.1 Å². The molecule has 0 saturated carbocycles. The Morgan fingerprint density at radius 2 is 1.81 bits per heavy atom. The molecule has 2 unspecified atom stereocenters. The molecule has 8 radical (unpaired) electrons. The zero-order valence-corrected chi connectivity index (χ0v) is 19.3. The van der Waals surface area contributed by atoms with Crippen LogP contribution < -0.4 is 5.32 Å². The van der Waals surface area contributed by atoms with Crippen LogP contribution in [0, 0.1) is 0 Å². The number of fused-ring (bicyclic) bond motifs is 1. The molecule has 1 saturated heterocycles. The molecule has 0 bridgehead atoms. The van der Waals surface area contributed by atoms with E-state index in [9.17, 15) is 28.0 Å². The molecule has 4 rings (SSSR count). The molecule has 2 aliphatic rings. The summed E-state index contributed by atoms with van der Waals surface area (Å²) in [5.41, 5.74) is -1.92. The van der Waals surface area contributed by atoms with Gasteiger partial charge >= 0.3 is 5.92 Å². The van der Waals surface area contributed by atoms with Crippen molar-refractivity contribution in [1.82, 2.24) is 15.0 Å². The van der Waals surface area contributed by atoms with Gasteiger partial charge in [-0.2, -0.15) is 8.78 Å². The van der Waals surface area contributed by atoms with Crippen LogP contribution >= 0.6 is 11.6 Å². The van der Waals surface area contributed by atoms with Crippen LogP contribution in [-0.4, -0.2) is 70.3 Å². The van der Waals surface area contributed by atoms with Crippen molar-refractivity contribution in [2.24, 2.45) is 0 Å². The smallest absolute Gasteiger partial charge is 0.349 e. The van der Waals surface area contributed by atoms with Gasteiger partial charge in [0.15, 0.2) is 0 Å². The number of hydrogen-bond acceptors (Lipinski definition) is 4. The van der Waals surface area contributed by atoms with Gasteiger partial charge in [-0.1, -0.05) is 35.9 Å². The number of amides is 4. The molecule has 174 valence electrons. The Morgan fingerprint density at radius 1 is 1.17 bits per heavy atom. The highest BCUT2D eigenvalue weighted by Gasteiger charge is 2.53. The van der Waals surface area contributed by atoms with Crippen molar-refractivity contribution in [2.45, 2.75) is 36.1 Å². The summed E-state index contributed by atoms with van der Waals surface area (Å²) in [6.07, 6.45) is -0.358. The lowest BCUT2D eigenvalue weighted by molar-refractivity contribution is -0.148. The van der Waals surface area contributed by atoms with Crippen LogP contribution in [0.4, 0.5) is 8.78 Å². The Labute approximate surface area is 215 Å². The number of halogens is 3. The SMILES string of the molecule is [B]C(NC(=O)C(F)(F)c1ccc(Cl)cc1)c1ccc2c(c1)CN([C@@]1([B])C(=O)N([B])C(=O)CC1[B])C2=O. The van der Waals surface area contributed by atoms with Crippen LogP contribution in [0.15, 0.2) is 42.5 Å². The summed E-state index contributed by atoms with van der Waals surface area (Å²) in [4.78, 5) is 51.2. The molecule has 1 N–H and O–H groups in total. The average molecular weight is 501 g/mol. The third-order valence-corrected chi connectivity index (χ3v) is 6.56. The quantitative estimate of drug-likeness (QED) is 0.491. The standard InChI is InChI=1S/C22H14B4ClF2N3O4/c23-15-8-16(33)32(26)20(36)21(15,25)31-9-11-7-10(1-6-14(11)18(31)34)17(24)30-19(35)22(28,29)12-2-4-13(27)5-3-12/h1-7,15,17H,8-9H2,(H,30,35)/t15?,17?,21-/m1/s1. The summed E-state index contributed by atoms with van der Waals surface area (Å²) in [6, 6.07) is 8.67. The molecule has 0 spiro atoms. The van der Waals surface area contributed by atoms with Crippen LogP contribution in [0.2, 0.25) is 10.8 Å². The van der Waals surface area contributed by atoms with E-state index in [1.54, 1.807) is 0 Å². The maximum Gasteiger partial charge on any atom is 0.349 e. The monoisotopic (exact) mass is 501 g/mol. The first-order valence-electron chi connectivity index (χ1n) is 10.6. The summed E-state index contributed by atoms with van der Waals surface area (Å²) < 4.78 is 29.2. The van der Waals surface area contributed by atoms with Crippen molar-refractivity contribution >= 4 is 66.7 Å². The first-order chi connectivity index (χ1) is 16.8. The number of imide groups is 1.